The highest BCUT2D eigenvalue weighted by molar-refractivity contribution is 5.97. The Morgan fingerprint density at radius 3 is 2.21 bits per heavy atom. The summed E-state index contributed by atoms with van der Waals surface area (Å²) in [6, 6.07) is 11.6. The zero-order valence-electron chi connectivity index (χ0n) is 22.9. The van der Waals surface area contributed by atoms with E-state index in [9.17, 15) is 22.8 Å². The van der Waals surface area contributed by atoms with Gasteiger partial charge in [-0.05, 0) is 93.5 Å². The van der Waals surface area contributed by atoms with E-state index in [0.717, 1.165) is 75.1 Å². The fourth-order valence-electron chi connectivity index (χ4n) is 4.91. The molecule has 2 N–H and O–H groups in total. The van der Waals surface area contributed by atoms with Gasteiger partial charge in [0.25, 0.3) is 5.91 Å². The number of amides is 2. The van der Waals surface area contributed by atoms with Crippen LogP contribution in [0.4, 0.5) is 13.2 Å². The standard InChI is InChI=1S/C30H40F3N3O3/c1-3-9-26(22-13-17-25(39-2)18-14-22)34-19-6-5-10-27(29(38)36-20-7-4-8-21-36)35-28(37)23-11-15-24(16-12-23)30(31,32)33/h11-18,26-27,34H,3-10,19-21H2,1-2H3,(H,35,37)/t26-,27-/m0/s1. The maximum absolute atomic E-state index is 13.3. The van der Waals surface area contributed by atoms with E-state index in [2.05, 4.69) is 29.7 Å². The third-order valence-corrected chi connectivity index (χ3v) is 7.15. The highest BCUT2D eigenvalue weighted by Gasteiger charge is 2.31. The van der Waals surface area contributed by atoms with Crippen molar-refractivity contribution < 1.29 is 27.5 Å². The number of hydrogen-bond donors (Lipinski definition) is 2. The van der Waals surface area contributed by atoms with Gasteiger partial charge in [-0.3, -0.25) is 9.59 Å². The van der Waals surface area contributed by atoms with Gasteiger partial charge in [0.1, 0.15) is 11.8 Å². The summed E-state index contributed by atoms with van der Waals surface area (Å²) in [7, 11) is 1.64. The van der Waals surface area contributed by atoms with Gasteiger partial charge in [0, 0.05) is 24.7 Å². The van der Waals surface area contributed by atoms with Crippen molar-refractivity contribution in [1.82, 2.24) is 15.5 Å². The van der Waals surface area contributed by atoms with Crippen molar-refractivity contribution >= 4 is 11.8 Å². The molecule has 0 bridgehead atoms. The first-order valence-electron chi connectivity index (χ1n) is 13.9. The molecule has 0 saturated carbocycles. The van der Waals surface area contributed by atoms with E-state index >= 15 is 0 Å². The summed E-state index contributed by atoms with van der Waals surface area (Å²) in [5, 5.41) is 6.41. The highest BCUT2D eigenvalue weighted by atomic mass is 19.4. The highest BCUT2D eigenvalue weighted by Crippen LogP contribution is 2.29. The van der Waals surface area contributed by atoms with E-state index in [1.165, 1.54) is 5.56 Å². The molecule has 2 aromatic carbocycles. The van der Waals surface area contributed by atoms with Crippen LogP contribution in [0.3, 0.4) is 0 Å². The molecule has 3 rings (SSSR count). The van der Waals surface area contributed by atoms with Crippen LogP contribution in [-0.4, -0.2) is 49.5 Å². The van der Waals surface area contributed by atoms with Crippen LogP contribution >= 0.6 is 0 Å². The Bertz CT molecular complexity index is 1040. The number of unbranched alkanes of at least 4 members (excludes halogenated alkanes) is 1. The van der Waals surface area contributed by atoms with Crippen molar-refractivity contribution in [2.45, 2.75) is 76.6 Å². The Hall–Kier alpha value is -3.07. The molecule has 1 saturated heterocycles. The smallest absolute Gasteiger partial charge is 0.416 e. The minimum absolute atomic E-state index is 0.100. The second kappa shape index (κ2) is 14.9. The molecule has 2 amide bonds. The molecule has 1 fully saturated rings. The van der Waals surface area contributed by atoms with Gasteiger partial charge in [0.05, 0.1) is 12.7 Å². The van der Waals surface area contributed by atoms with E-state index in [-0.39, 0.29) is 17.5 Å². The van der Waals surface area contributed by atoms with Crippen molar-refractivity contribution in [3.63, 3.8) is 0 Å². The lowest BCUT2D eigenvalue weighted by Gasteiger charge is -2.31. The minimum Gasteiger partial charge on any atom is -0.497 e. The lowest BCUT2D eigenvalue weighted by Crippen LogP contribution is -2.50. The molecule has 9 heteroatoms. The van der Waals surface area contributed by atoms with Crippen LogP contribution in [-0.2, 0) is 11.0 Å². The molecule has 39 heavy (non-hydrogen) atoms. The van der Waals surface area contributed by atoms with Crippen LogP contribution in [0.1, 0.15) is 85.8 Å². The van der Waals surface area contributed by atoms with Crippen LogP contribution in [0.25, 0.3) is 0 Å². The Morgan fingerprint density at radius 1 is 0.949 bits per heavy atom. The lowest BCUT2D eigenvalue weighted by molar-refractivity contribution is -0.137. The number of methoxy groups -OCH3 is 1. The largest absolute Gasteiger partial charge is 0.497 e. The first-order chi connectivity index (χ1) is 18.7. The molecule has 1 aliphatic heterocycles. The third kappa shape index (κ3) is 9.27. The van der Waals surface area contributed by atoms with Crippen LogP contribution in [0.15, 0.2) is 48.5 Å². The van der Waals surface area contributed by atoms with Crippen molar-refractivity contribution in [1.29, 1.82) is 0 Å². The van der Waals surface area contributed by atoms with Crippen LogP contribution < -0.4 is 15.4 Å². The number of carbonyl (C=O) groups is 2. The van der Waals surface area contributed by atoms with E-state index in [0.29, 0.717) is 25.9 Å². The fraction of sp³-hybridized carbons (Fsp3) is 0.533. The van der Waals surface area contributed by atoms with Gasteiger partial charge in [-0.1, -0.05) is 25.5 Å². The summed E-state index contributed by atoms with van der Waals surface area (Å²) in [6.07, 6.45) is 2.48. The average Bonchev–Trinajstić information content (AvgIpc) is 2.95. The second-order valence-corrected chi connectivity index (χ2v) is 10.1. The third-order valence-electron chi connectivity index (χ3n) is 7.15. The predicted octanol–water partition coefficient (Wildman–Crippen LogP) is 6.13. The molecule has 0 radical (unpaired) electrons. The van der Waals surface area contributed by atoms with Crippen LogP contribution in [0.5, 0.6) is 5.75 Å². The molecule has 0 spiro atoms. The first kappa shape index (κ1) is 30.5. The number of ether oxygens (including phenoxy) is 1. The number of halogens is 3. The first-order valence-corrected chi connectivity index (χ1v) is 13.9. The molecule has 214 valence electrons. The van der Waals surface area contributed by atoms with E-state index in [1.807, 2.05) is 12.1 Å². The summed E-state index contributed by atoms with van der Waals surface area (Å²) in [5.74, 6) is 0.154. The van der Waals surface area contributed by atoms with Crippen LogP contribution in [0.2, 0.25) is 0 Å². The predicted molar refractivity (Wildman–Crippen MR) is 146 cm³/mol. The van der Waals surface area contributed by atoms with Gasteiger partial charge in [0.2, 0.25) is 5.91 Å². The number of nitrogens with zero attached hydrogens (tertiary/aromatic N) is 1. The maximum Gasteiger partial charge on any atom is 0.416 e. The number of carbonyl (C=O) groups excluding carboxylic acids is 2. The molecular weight excluding hydrogens is 507 g/mol. The molecular formula is C30H40F3N3O3. The number of hydrogen-bond acceptors (Lipinski definition) is 4. The van der Waals surface area contributed by atoms with Crippen molar-refractivity contribution in [2.24, 2.45) is 0 Å². The summed E-state index contributed by atoms with van der Waals surface area (Å²) in [4.78, 5) is 27.9. The minimum atomic E-state index is -4.47. The summed E-state index contributed by atoms with van der Waals surface area (Å²) in [6.45, 7) is 4.23. The Morgan fingerprint density at radius 2 is 1.62 bits per heavy atom. The van der Waals surface area contributed by atoms with Crippen molar-refractivity contribution in [3.05, 3.63) is 65.2 Å². The normalized spacial score (nSPS) is 15.5. The van der Waals surface area contributed by atoms with E-state index < -0.39 is 23.7 Å². The topological polar surface area (TPSA) is 70.7 Å². The van der Waals surface area contributed by atoms with Crippen molar-refractivity contribution in [2.75, 3.05) is 26.7 Å². The summed E-state index contributed by atoms with van der Waals surface area (Å²) < 4.78 is 44.0. The van der Waals surface area contributed by atoms with Gasteiger partial charge in [0.15, 0.2) is 0 Å². The number of benzene rings is 2. The summed E-state index contributed by atoms with van der Waals surface area (Å²) >= 11 is 0. The summed E-state index contributed by atoms with van der Waals surface area (Å²) in [5.41, 5.74) is 0.478. The van der Waals surface area contributed by atoms with Gasteiger partial charge < -0.3 is 20.3 Å². The van der Waals surface area contributed by atoms with Crippen molar-refractivity contribution in [3.8, 4) is 5.75 Å². The van der Waals surface area contributed by atoms with Gasteiger partial charge in [-0.25, -0.2) is 0 Å². The zero-order valence-corrected chi connectivity index (χ0v) is 22.9. The number of nitrogens with one attached hydrogen (secondary N) is 2. The molecule has 2 aromatic rings. The molecule has 6 nitrogen and oxygen atoms in total. The molecule has 2 atom stereocenters. The van der Waals surface area contributed by atoms with Crippen LogP contribution in [0, 0.1) is 0 Å². The molecule has 0 unspecified atom stereocenters. The Balaban J connectivity index is 1.58. The zero-order chi connectivity index (χ0) is 28.3. The van der Waals surface area contributed by atoms with Gasteiger partial charge in [-0.2, -0.15) is 13.2 Å². The lowest BCUT2D eigenvalue weighted by atomic mass is 10.0. The maximum atomic E-state index is 13.3. The number of piperidine rings is 1. The van der Waals surface area contributed by atoms with Gasteiger partial charge in [-0.15, -0.1) is 0 Å². The van der Waals surface area contributed by atoms with Gasteiger partial charge >= 0.3 is 6.18 Å². The number of likely N-dealkylation sites (tertiary alicyclic amines) is 1. The fourth-order valence-corrected chi connectivity index (χ4v) is 4.91. The Kier molecular flexibility index (Phi) is 11.7. The molecule has 0 aliphatic carbocycles. The molecule has 0 aromatic heterocycles. The molecule has 1 heterocycles. The Labute approximate surface area is 229 Å². The molecule has 1 aliphatic rings. The average molecular weight is 548 g/mol. The number of alkyl halides is 3. The SMILES string of the molecule is CCC[C@H](NCCCC[C@H](NC(=O)c1ccc(C(F)(F)F)cc1)C(=O)N1CCCCC1)c1ccc(OC)cc1. The quantitative estimate of drug-likeness (QED) is 0.296. The number of rotatable bonds is 13. The monoisotopic (exact) mass is 547 g/mol. The van der Waals surface area contributed by atoms with E-state index in [4.69, 9.17) is 4.74 Å². The van der Waals surface area contributed by atoms with E-state index in [1.54, 1.807) is 12.0 Å². The second-order valence-electron chi connectivity index (χ2n) is 10.1.